The number of rotatable bonds is 3. The minimum atomic E-state index is 0.0478. The predicted octanol–water partition coefficient (Wildman–Crippen LogP) is 3.34. The molecular formula is C16H13NO2. The third-order valence-corrected chi connectivity index (χ3v) is 3.13. The third kappa shape index (κ3) is 2.10. The fourth-order valence-electron chi connectivity index (χ4n) is 2.15. The molecule has 3 heteroatoms. The van der Waals surface area contributed by atoms with Crippen LogP contribution < -0.4 is 10.1 Å². The van der Waals surface area contributed by atoms with Crippen molar-refractivity contribution in [3.05, 3.63) is 65.7 Å². The Morgan fingerprint density at radius 2 is 1.63 bits per heavy atom. The average molecular weight is 251 g/mol. The Hall–Kier alpha value is -2.55. The van der Waals surface area contributed by atoms with Gasteiger partial charge in [-0.05, 0) is 24.3 Å². The van der Waals surface area contributed by atoms with E-state index in [4.69, 9.17) is 4.74 Å². The van der Waals surface area contributed by atoms with E-state index in [-0.39, 0.29) is 5.78 Å². The number of anilines is 1. The largest absolute Gasteiger partial charge is 0.497 e. The lowest BCUT2D eigenvalue weighted by molar-refractivity contribution is 0.105. The highest BCUT2D eigenvalue weighted by Gasteiger charge is 2.20. The Labute approximate surface area is 111 Å². The lowest BCUT2D eigenvalue weighted by atomic mass is 10.1. The molecule has 2 aromatic carbocycles. The normalized spacial score (nSPS) is 12.9. The van der Waals surface area contributed by atoms with Crippen LogP contribution in [-0.4, -0.2) is 12.9 Å². The maximum Gasteiger partial charge on any atom is 0.188 e. The molecule has 0 bridgehead atoms. The van der Waals surface area contributed by atoms with Gasteiger partial charge in [-0.2, -0.15) is 0 Å². The zero-order valence-electron chi connectivity index (χ0n) is 10.5. The van der Waals surface area contributed by atoms with E-state index in [9.17, 15) is 4.79 Å². The molecule has 0 amide bonds. The SMILES string of the molecule is COc1ccc(NC2=CC(=O)c3ccccc32)cc1. The molecule has 0 heterocycles. The van der Waals surface area contributed by atoms with Crippen LogP contribution in [0.5, 0.6) is 5.75 Å². The van der Waals surface area contributed by atoms with Crippen LogP contribution in [0.1, 0.15) is 15.9 Å². The summed E-state index contributed by atoms with van der Waals surface area (Å²) in [5.41, 5.74) is 3.46. The molecule has 19 heavy (non-hydrogen) atoms. The molecule has 0 saturated heterocycles. The molecular weight excluding hydrogens is 238 g/mol. The molecule has 1 N–H and O–H groups in total. The van der Waals surface area contributed by atoms with Crippen LogP contribution in [0.3, 0.4) is 0 Å². The highest BCUT2D eigenvalue weighted by molar-refractivity contribution is 6.17. The first-order valence-electron chi connectivity index (χ1n) is 6.04. The second-order valence-electron chi connectivity index (χ2n) is 4.32. The first-order valence-corrected chi connectivity index (χ1v) is 6.04. The third-order valence-electron chi connectivity index (χ3n) is 3.13. The number of methoxy groups -OCH3 is 1. The van der Waals surface area contributed by atoms with Gasteiger partial charge in [0, 0.05) is 22.9 Å². The second kappa shape index (κ2) is 4.61. The van der Waals surface area contributed by atoms with Crippen molar-refractivity contribution in [3.63, 3.8) is 0 Å². The Morgan fingerprint density at radius 3 is 2.32 bits per heavy atom. The monoisotopic (exact) mass is 251 g/mol. The van der Waals surface area contributed by atoms with Crippen LogP contribution in [0.4, 0.5) is 5.69 Å². The van der Waals surface area contributed by atoms with E-state index in [1.54, 1.807) is 13.2 Å². The van der Waals surface area contributed by atoms with Crippen molar-refractivity contribution in [2.45, 2.75) is 0 Å². The van der Waals surface area contributed by atoms with Crippen molar-refractivity contribution >= 4 is 17.2 Å². The summed E-state index contributed by atoms with van der Waals surface area (Å²) in [7, 11) is 1.64. The second-order valence-corrected chi connectivity index (χ2v) is 4.32. The number of benzene rings is 2. The quantitative estimate of drug-likeness (QED) is 0.909. The highest BCUT2D eigenvalue weighted by atomic mass is 16.5. The van der Waals surface area contributed by atoms with Crippen molar-refractivity contribution < 1.29 is 9.53 Å². The summed E-state index contributed by atoms with van der Waals surface area (Å²) < 4.78 is 5.12. The van der Waals surface area contributed by atoms with Gasteiger partial charge in [0.1, 0.15) is 5.75 Å². The molecule has 94 valence electrons. The van der Waals surface area contributed by atoms with E-state index in [1.165, 1.54) is 0 Å². The minimum Gasteiger partial charge on any atom is -0.497 e. The van der Waals surface area contributed by atoms with Crippen molar-refractivity contribution in [1.82, 2.24) is 0 Å². The number of carbonyl (C=O) groups is 1. The van der Waals surface area contributed by atoms with Gasteiger partial charge in [0.05, 0.1) is 12.8 Å². The van der Waals surface area contributed by atoms with Gasteiger partial charge < -0.3 is 10.1 Å². The maximum atomic E-state index is 11.8. The van der Waals surface area contributed by atoms with Gasteiger partial charge in [-0.1, -0.05) is 24.3 Å². The molecule has 3 rings (SSSR count). The van der Waals surface area contributed by atoms with E-state index in [0.29, 0.717) is 0 Å². The number of ether oxygens (including phenoxy) is 1. The lowest BCUT2D eigenvalue weighted by Gasteiger charge is -2.09. The topological polar surface area (TPSA) is 38.3 Å². The van der Waals surface area contributed by atoms with Gasteiger partial charge in [0.2, 0.25) is 0 Å². The van der Waals surface area contributed by atoms with Crippen molar-refractivity contribution in [2.75, 3.05) is 12.4 Å². The van der Waals surface area contributed by atoms with Crippen LogP contribution in [0.2, 0.25) is 0 Å². The van der Waals surface area contributed by atoms with Crippen LogP contribution >= 0.6 is 0 Å². The molecule has 2 aromatic rings. The van der Waals surface area contributed by atoms with E-state index in [2.05, 4.69) is 5.32 Å². The smallest absolute Gasteiger partial charge is 0.188 e. The molecule has 0 aromatic heterocycles. The van der Waals surface area contributed by atoms with Gasteiger partial charge in [0.15, 0.2) is 5.78 Å². The molecule has 0 spiro atoms. The predicted molar refractivity (Wildman–Crippen MR) is 75.4 cm³/mol. The number of hydrogen-bond donors (Lipinski definition) is 1. The van der Waals surface area contributed by atoms with Crippen molar-refractivity contribution in [3.8, 4) is 5.75 Å². The van der Waals surface area contributed by atoms with E-state index >= 15 is 0 Å². The Bertz CT molecular complexity index is 657. The lowest BCUT2D eigenvalue weighted by Crippen LogP contribution is -1.97. The van der Waals surface area contributed by atoms with Gasteiger partial charge >= 0.3 is 0 Å². The molecule has 0 atom stereocenters. The summed E-state index contributed by atoms with van der Waals surface area (Å²) in [5.74, 6) is 0.856. The number of ketones is 1. The van der Waals surface area contributed by atoms with Gasteiger partial charge in [0.25, 0.3) is 0 Å². The number of carbonyl (C=O) groups excluding carboxylic acids is 1. The van der Waals surface area contributed by atoms with Gasteiger partial charge in [-0.25, -0.2) is 0 Å². The van der Waals surface area contributed by atoms with Crippen LogP contribution in [-0.2, 0) is 0 Å². The summed E-state index contributed by atoms with van der Waals surface area (Å²) in [6.07, 6.45) is 1.63. The molecule has 0 aliphatic heterocycles. The Balaban J connectivity index is 1.88. The van der Waals surface area contributed by atoms with Gasteiger partial charge in [-0.3, -0.25) is 4.79 Å². The summed E-state index contributed by atoms with van der Waals surface area (Å²) in [4.78, 5) is 11.8. The summed E-state index contributed by atoms with van der Waals surface area (Å²) in [5, 5.41) is 3.26. The summed E-state index contributed by atoms with van der Waals surface area (Å²) >= 11 is 0. The maximum absolute atomic E-state index is 11.8. The number of nitrogens with one attached hydrogen (secondary N) is 1. The molecule has 3 nitrogen and oxygen atoms in total. The molecule has 0 unspecified atom stereocenters. The zero-order valence-corrected chi connectivity index (χ0v) is 10.5. The molecule has 1 aliphatic carbocycles. The van der Waals surface area contributed by atoms with E-state index < -0.39 is 0 Å². The molecule has 0 saturated carbocycles. The van der Waals surface area contributed by atoms with Crippen LogP contribution in [0.15, 0.2) is 54.6 Å². The molecule has 0 radical (unpaired) electrons. The Kier molecular flexibility index (Phi) is 2.80. The fraction of sp³-hybridized carbons (Fsp3) is 0.0625. The first-order chi connectivity index (χ1) is 9.28. The fourth-order valence-corrected chi connectivity index (χ4v) is 2.15. The average Bonchev–Trinajstić information content (AvgIpc) is 2.77. The van der Waals surface area contributed by atoms with Crippen molar-refractivity contribution in [2.24, 2.45) is 0 Å². The summed E-state index contributed by atoms with van der Waals surface area (Å²) in [6.45, 7) is 0. The van der Waals surface area contributed by atoms with Gasteiger partial charge in [-0.15, -0.1) is 0 Å². The number of fused-ring (bicyclic) bond motifs is 1. The number of allylic oxidation sites excluding steroid dienone is 1. The first kappa shape index (κ1) is 11.5. The summed E-state index contributed by atoms with van der Waals surface area (Å²) in [6, 6.07) is 15.2. The van der Waals surface area contributed by atoms with Crippen LogP contribution in [0.25, 0.3) is 5.70 Å². The number of hydrogen-bond acceptors (Lipinski definition) is 3. The van der Waals surface area contributed by atoms with E-state index in [1.807, 2.05) is 48.5 Å². The molecule has 0 fully saturated rings. The Morgan fingerprint density at radius 1 is 0.947 bits per heavy atom. The minimum absolute atomic E-state index is 0.0478. The van der Waals surface area contributed by atoms with Crippen LogP contribution in [0, 0.1) is 0 Å². The molecule has 1 aliphatic rings. The standard InChI is InChI=1S/C16H13NO2/c1-19-12-8-6-11(7-9-12)17-15-10-16(18)14-5-3-2-4-13(14)15/h2-10,17H,1H3. The highest BCUT2D eigenvalue weighted by Crippen LogP contribution is 2.28. The van der Waals surface area contributed by atoms with Crippen molar-refractivity contribution in [1.29, 1.82) is 0 Å². The van der Waals surface area contributed by atoms with E-state index in [0.717, 1.165) is 28.3 Å². The zero-order chi connectivity index (χ0) is 13.2.